The third-order valence-electron chi connectivity index (χ3n) is 5.41. The number of aromatic nitrogens is 1. The number of esters is 1. The molecule has 2 bridgehead atoms. The quantitative estimate of drug-likeness (QED) is 0.817. The molecule has 1 aromatic heterocycles. The van der Waals surface area contributed by atoms with Crippen molar-refractivity contribution in [3.63, 3.8) is 0 Å². The van der Waals surface area contributed by atoms with Gasteiger partial charge in [-0.25, -0.2) is 0 Å². The van der Waals surface area contributed by atoms with Gasteiger partial charge in [0.15, 0.2) is 0 Å². The zero-order valence-corrected chi connectivity index (χ0v) is 14.6. The lowest BCUT2D eigenvalue weighted by molar-refractivity contribution is -0.151. The monoisotopic (exact) mass is 366 g/mol. The van der Waals surface area contributed by atoms with Crippen LogP contribution in [0.4, 0.5) is 5.69 Å². The van der Waals surface area contributed by atoms with Gasteiger partial charge >= 0.3 is 5.97 Å². The van der Waals surface area contributed by atoms with E-state index >= 15 is 0 Å². The number of ether oxygens (including phenoxy) is 1. The van der Waals surface area contributed by atoms with Crippen molar-refractivity contribution in [3.8, 4) is 0 Å². The number of rotatable bonds is 4. The molecule has 1 N–H and O–H groups in total. The number of fused-ring (bicyclic) bond motifs is 2. The highest BCUT2D eigenvalue weighted by molar-refractivity contribution is 9.10. The number of carbonyl (C=O) groups excluding carboxylic acids is 1. The topological polar surface area (TPSA) is 51.2 Å². The minimum absolute atomic E-state index is 0.00958. The molecular weight excluding hydrogens is 344 g/mol. The Morgan fingerprint density at radius 1 is 1.45 bits per heavy atom. The summed E-state index contributed by atoms with van der Waals surface area (Å²) in [6, 6.07) is 2.06. The fraction of sp³-hybridized carbons (Fsp3) is 0.647. The van der Waals surface area contributed by atoms with Crippen LogP contribution in [0.1, 0.15) is 38.5 Å². The van der Waals surface area contributed by atoms with Crippen molar-refractivity contribution in [1.82, 2.24) is 4.98 Å². The molecule has 2 aliphatic carbocycles. The summed E-state index contributed by atoms with van der Waals surface area (Å²) >= 11 is 3.46. The summed E-state index contributed by atoms with van der Waals surface area (Å²) in [4.78, 5) is 16.1. The highest BCUT2D eigenvalue weighted by atomic mass is 79.9. The molecule has 1 heterocycles. The summed E-state index contributed by atoms with van der Waals surface area (Å²) in [7, 11) is 1.51. The average Bonchev–Trinajstić information content (AvgIpc) is 2.53. The fourth-order valence-corrected chi connectivity index (χ4v) is 4.64. The molecule has 0 aromatic carbocycles. The highest BCUT2D eigenvalue weighted by Gasteiger charge is 2.45. The standard InChI is InChI=1S/C17H23BrN2O2/c1-22-16(21)15-4-6-17(5-2-3-12(15)8-17)11-20-14-7-13(18)9-19-10-14/h7,9-10,12,15,20H,2-6,8,11H2,1H3. The Bertz CT molecular complexity index is 551. The molecule has 0 saturated heterocycles. The molecule has 2 fully saturated rings. The molecule has 0 radical (unpaired) electrons. The Kier molecular flexibility index (Phi) is 4.71. The van der Waals surface area contributed by atoms with E-state index in [2.05, 4.69) is 32.3 Å². The number of halogens is 1. The van der Waals surface area contributed by atoms with Crippen molar-refractivity contribution in [1.29, 1.82) is 0 Å². The van der Waals surface area contributed by atoms with Crippen LogP contribution in [-0.4, -0.2) is 24.6 Å². The molecule has 3 unspecified atom stereocenters. The van der Waals surface area contributed by atoms with Gasteiger partial charge in [-0.05, 0) is 65.4 Å². The number of carbonyl (C=O) groups is 1. The zero-order valence-electron chi connectivity index (χ0n) is 13.0. The van der Waals surface area contributed by atoms with Crippen LogP contribution in [-0.2, 0) is 9.53 Å². The minimum atomic E-state index is -0.00958. The van der Waals surface area contributed by atoms with E-state index in [1.165, 1.54) is 26.4 Å². The van der Waals surface area contributed by atoms with Crippen molar-refractivity contribution in [3.05, 3.63) is 22.9 Å². The summed E-state index contributed by atoms with van der Waals surface area (Å²) in [5.41, 5.74) is 1.39. The van der Waals surface area contributed by atoms with Crippen molar-refractivity contribution in [2.75, 3.05) is 19.0 Å². The van der Waals surface area contributed by atoms with Crippen LogP contribution in [0.5, 0.6) is 0 Å². The third kappa shape index (κ3) is 3.29. The molecule has 1 aromatic rings. The molecule has 0 amide bonds. The Hall–Kier alpha value is -1.10. The van der Waals surface area contributed by atoms with E-state index in [1.807, 2.05) is 6.20 Å². The Labute approximate surface area is 140 Å². The number of hydrogen-bond acceptors (Lipinski definition) is 4. The number of nitrogens with one attached hydrogen (secondary N) is 1. The Morgan fingerprint density at radius 3 is 3.09 bits per heavy atom. The van der Waals surface area contributed by atoms with E-state index in [4.69, 9.17) is 4.74 Å². The molecule has 2 saturated carbocycles. The van der Waals surface area contributed by atoms with E-state index in [9.17, 15) is 4.79 Å². The number of pyridine rings is 1. The molecule has 3 rings (SSSR count). The summed E-state index contributed by atoms with van der Waals surface area (Å²) in [5.74, 6) is 0.605. The van der Waals surface area contributed by atoms with E-state index in [0.29, 0.717) is 11.3 Å². The second-order valence-electron chi connectivity index (χ2n) is 6.77. The van der Waals surface area contributed by atoms with Gasteiger partial charge in [0.1, 0.15) is 0 Å². The molecule has 120 valence electrons. The van der Waals surface area contributed by atoms with E-state index in [-0.39, 0.29) is 11.9 Å². The van der Waals surface area contributed by atoms with E-state index in [0.717, 1.165) is 36.0 Å². The second kappa shape index (κ2) is 6.57. The Morgan fingerprint density at radius 2 is 2.32 bits per heavy atom. The van der Waals surface area contributed by atoms with Crippen LogP contribution in [0.15, 0.2) is 22.9 Å². The first-order valence-corrected chi connectivity index (χ1v) is 8.83. The van der Waals surface area contributed by atoms with Crippen LogP contribution >= 0.6 is 15.9 Å². The summed E-state index contributed by atoms with van der Waals surface area (Å²) < 4.78 is 5.98. The largest absolute Gasteiger partial charge is 0.469 e. The molecular formula is C17H23BrN2O2. The van der Waals surface area contributed by atoms with Crippen molar-refractivity contribution < 1.29 is 9.53 Å². The van der Waals surface area contributed by atoms with Crippen LogP contribution < -0.4 is 5.32 Å². The first-order valence-electron chi connectivity index (χ1n) is 8.04. The maximum absolute atomic E-state index is 11.9. The SMILES string of the molecule is COC(=O)C1CCC2(CNc3cncc(Br)c3)CCCC1C2. The molecule has 3 atom stereocenters. The predicted octanol–water partition coefficient (Wildman–Crippen LogP) is 4.02. The molecule has 0 aliphatic heterocycles. The smallest absolute Gasteiger partial charge is 0.308 e. The first-order chi connectivity index (χ1) is 10.6. The molecule has 0 spiro atoms. The molecule has 22 heavy (non-hydrogen) atoms. The first kappa shape index (κ1) is 15.8. The Balaban J connectivity index is 1.65. The van der Waals surface area contributed by atoms with Crippen LogP contribution in [0, 0.1) is 17.3 Å². The maximum Gasteiger partial charge on any atom is 0.308 e. The van der Waals surface area contributed by atoms with Gasteiger partial charge < -0.3 is 10.1 Å². The third-order valence-corrected chi connectivity index (χ3v) is 5.84. The van der Waals surface area contributed by atoms with E-state index < -0.39 is 0 Å². The normalized spacial score (nSPS) is 30.6. The lowest BCUT2D eigenvalue weighted by atomic mass is 9.58. The molecule has 4 nitrogen and oxygen atoms in total. The number of anilines is 1. The van der Waals surface area contributed by atoms with Crippen LogP contribution in [0.3, 0.4) is 0 Å². The van der Waals surface area contributed by atoms with Gasteiger partial charge in [-0.15, -0.1) is 0 Å². The van der Waals surface area contributed by atoms with Crippen molar-refractivity contribution >= 4 is 27.6 Å². The van der Waals surface area contributed by atoms with Crippen LogP contribution in [0.25, 0.3) is 0 Å². The highest BCUT2D eigenvalue weighted by Crippen LogP contribution is 2.51. The fourth-order valence-electron chi connectivity index (χ4n) is 4.28. The van der Waals surface area contributed by atoms with E-state index in [1.54, 1.807) is 6.20 Å². The maximum atomic E-state index is 11.9. The predicted molar refractivity (Wildman–Crippen MR) is 89.6 cm³/mol. The number of methoxy groups -OCH3 is 1. The van der Waals surface area contributed by atoms with Crippen LogP contribution in [0.2, 0.25) is 0 Å². The minimum Gasteiger partial charge on any atom is -0.469 e. The van der Waals surface area contributed by atoms with Crippen molar-refractivity contribution in [2.24, 2.45) is 17.3 Å². The summed E-state index contributed by atoms with van der Waals surface area (Å²) in [5, 5.41) is 3.55. The lowest BCUT2D eigenvalue weighted by Crippen LogP contribution is -2.44. The lowest BCUT2D eigenvalue weighted by Gasteiger charge is -2.48. The van der Waals surface area contributed by atoms with Gasteiger partial charge in [0.25, 0.3) is 0 Å². The van der Waals surface area contributed by atoms with Gasteiger partial charge in [-0.3, -0.25) is 9.78 Å². The van der Waals surface area contributed by atoms with Gasteiger partial charge in [0.05, 0.1) is 24.9 Å². The number of nitrogens with zero attached hydrogens (tertiary/aromatic N) is 1. The number of hydrogen-bond donors (Lipinski definition) is 1. The molecule has 2 aliphatic rings. The van der Waals surface area contributed by atoms with Gasteiger partial charge in [-0.1, -0.05) is 6.42 Å². The molecule has 5 heteroatoms. The average molecular weight is 367 g/mol. The van der Waals surface area contributed by atoms with Gasteiger partial charge in [0, 0.05) is 17.2 Å². The summed E-state index contributed by atoms with van der Waals surface area (Å²) in [6.07, 6.45) is 10.5. The summed E-state index contributed by atoms with van der Waals surface area (Å²) in [6.45, 7) is 0.968. The zero-order chi connectivity index (χ0) is 15.6. The van der Waals surface area contributed by atoms with Crippen molar-refractivity contribution in [2.45, 2.75) is 38.5 Å². The second-order valence-corrected chi connectivity index (χ2v) is 7.69. The van der Waals surface area contributed by atoms with Gasteiger partial charge in [-0.2, -0.15) is 0 Å². The van der Waals surface area contributed by atoms with Gasteiger partial charge in [0.2, 0.25) is 0 Å².